The van der Waals surface area contributed by atoms with Crippen LogP contribution in [-0.2, 0) is 16.1 Å². The molecule has 0 aliphatic heterocycles. The predicted octanol–water partition coefficient (Wildman–Crippen LogP) is 4.85. The largest absolute Gasteiger partial charge is 0.456 e. The third kappa shape index (κ3) is 4.25. The Hall–Kier alpha value is -3.21. The van der Waals surface area contributed by atoms with Crippen molar-refractivity contribution < 1.29 is 18.4 Å². The second kappa shape index (κ2) is 7.78. The molecule has 1 heterocycles. The molecule has 0 saturated carbocycles. The molecule has 5 heteroatoms. The average Bonchev–Trinajstić information content (AvgIpc) is 3.00. The highest BCUT2D eigenvalue weighted by Gasteiger charge is 2.15. The van der Waals surface area contributed by atoms with Crippen LogP contribution in [0.25, 0.3) is 17.4 Å². The van der Waals surface area contributed by atoms with Gasteiger partial charge in [-0.1, -0.05) is 35.0 Å². The highest BCUT2D eigenvalue weighted by Crippen LogP contribution is 2.26. The van der Waals surface area contributed by atoms with E-state index in [9.17, 15) is 9.18 Å². The first-order valence-corrected chi connectivity index (χ1v) is 8.15. The molecule has 0 saturated heterocycles. The molecule has 0 bridgehead atoms. The summed E-state index contributed by atoms with van der Waals surface area (Å²) in [5.74, 6) is -0.246. The second-order valence-corrected chi connectivity index (χ2v) is 5.95. The van der Waals surface area contributed by atoms with Gasteiger partial charge in [-0.25, -0.2) is 9.18 Å². The van der Waals surface area contributed by atoms with Crippen LogP contribution in [-0.4, -0.2) is 11.1 Å². The number of carbonyl (C=O) groups is 1. The van der Waals surface area contributed by atoms with Gasteiger partial charge in [0.15, 0.2) is 5.76 Å². The van der Waals surface area contributed by atoms with Crippen molar-refractivity contribution in [2.24, 2.45) is 0 Å². The van der Waals surface area contributed by atoms with Crippen molar-refractivity contribution in [2.75, 3.05) is 0 Å². The minimum atomic E-state index is -0.461. The van der Waals surface area contributed by atoms with Gasteiger partial charge in [-0.15, -0.1) is 0 Å². The molecule has 0 fully saturated rings. The summed E-state index contributed by atoms with van der Waals surface area (Å²) < 4.78 is 23.6. The van der Waals surface area contributed by atoms with E-state index < -0.39 is 5.97 Å². The molecular formula is C21H18FNO3. The number of aryl methyl sites for hydroxylation is 1. The van der Waals surface area contributed by atoms with E-state index in [1.54, 1.807) is 18.2 Å². The molecule has 0 amide bonds. The standard InChI is InChI=1S/C21H18FNO3/c1-14-4-3-5-16(12-14)6-11-20(24)25-13-19-15(2)21(26-23-19)17-7-9-18(22)10-8-17/h3-12H,13H2,1-2H3/b11-6+. The molecule has 3 rings (SSSR count). The average molecular weight is 351 g/mol. The highest BCUT2D eigenvalue weighted by molar-refractivity contribution is 5.87. The fourth-order valence-electron chi connectivity index (χ4n) is 2.50. The van der Waals surface area contributed by atoms with E-state index in [2.05, 4.69) is 5.16 Å². The smallest absolute Gasteiger partial charge is 0.331 e. The molecule has 4 nitrogen and oxygen atoms in total. The molecule has 3 aromatic rings. The van der Waals surface area contributed by atoms with Crippen LogP contribution in [0.2, 0.25) is 0 Å². The van der Waals surface area contributed by atoms with Crippen LogP contribution in [0.5, 0.6) is 0 Å². The molecule has 0 N–H and O–H groups in total. The van der Waals surface area contributed by atoms with Crippen LogP contribution in [0.1, 0.15) is 22.4 Å². The van der Waals surface area contributed by atoms with Crippen molar-refractivity contribution in [3.8, 4) is 11.3 Å². The topological polar surface area (TPSA) is 52.3 Å². The molecule has 0 spiro atoms. The van der Waals surface area contributed by atoms with Crippen LogP contribution in [0.4, 0.5) is 4.39 Å². The molecule has 0 aliphatic carbocycles. The van der Waals surface area contributed by atoms with Gasteiger partial charge < -0.3 is 9.26 Å². The van der Waals surface area contributed by atoms with Crippen molar-refractivity contribution in [3.05, 3.63) is 82.8 Å². The van der Waals surface area contributed by atoms with Crippen molar-refractivity contribution in [2.45, 2.75) is 20.5 Å². The Morgan fingerprint density at radius 3 is 2.69 bits per heavy atom. The van der Waals surface area contributed by atoms with Gasteiger partial charge in [0.2, 0.25) is 0 Å². The Morgan fingerprint density at radius 2 is 1.96 bits per heavy atom. The molecule has 0 aliphatic rings. The summed E-state index contributed by atoms with van der Waals surface area (Å²) in [6.45, 7) is 3.82. The summed E-state index contributed by atoms with van der Waals surface area (Å²) in [4.78, 5) is 11.9. The summed E-state index contributed by atoms with van der Waals surface area (Å²) in [5, 5.41) is 3.95. The zero-order chi connectivity index (χ0) is 18.5. The number of benzene rings is 2. The van der Waals surface area contributed by atoms with E-state index in [0.717, 1.165) is 16.7 Å². The van der Waals surface area contributed by atoms with Crippen LogP contribution < -0.4 is 0 Å². The molecule has 132 valence electrons. The predicted molar refractivity (Wildman–Crippen MR) is 96.6 cm³/mol. The molecule has 0 atom stereocenters. The first-order valence-electron chi connectivity index (χ1n) is 8.15. The lowest BCUT2D eigenvalue weighted by molar-refractivity contribution is -0.139. The number of hydrogen-bond acceptors (Lipinski definition) is 4. The third-order valence-electron chi connectivity index (χ3n) is 3.93. The molecule has 0 unspecified atom stereocenters. The minimum Gasteiger partial charge on any atom is -0.456 e. The first-order chi connectivity index (χ1) is 12.5. The summed E-state index contributed by atoms with van der Waals surface area (Å²) in [6, 6.07) is 13.7. The number of hydrogen-bond donors (Lipinski definition) is 0. The Labute approximate surface area is 150 Å². The fraction of sp³-hybridized carbons (Fsp3) is 0.143. The van der Waals surface area contributed by atoms with Crippen LogP contribution >= 0.6 is 0 Å². The summed E-state index contributed by atoms with van der Waals surface area (Å²) >= 11 is 0. The molecular weight excluding hydrogens is 333 g/mol. The fourth-order valence-corrected chi connectivity index (χ4v) is 2.50. The summed E-state index contributed by atoms with van der Waals surface area (Å²) in [6.07, 6.45) is 3.08. The van der Waals surface area contributed by atoms with E-state index in [1.165, 1.54) is 18.2 Å². The molecule has 0 radical (unpaired) electrons. The van der Waals surface area contributed by atoms with Crippen molar-refractivity contribution >= 4 is 12.0 Å². The highest BCUT2D eigenvalue weighted by atomic mass is 19.1. The Bertz CT molecular complexity index is 942. The van der Waals surface area contributed by atoms with Gasteiger partial charge in [0.25, 0.3) is 0 Å². The number of esters is 1. The Morgan fingerprint density at radius 1 is 1.19 bits per heavy atom. The van der Waals surface area contributed by atoms with Gasteiger partial charge in [-0.2, -0.15) is 0 Å². The third-order valence-corrected chi connectivity index (χ3v) is 3.93. The monoisotopic (exact) mass is 351 g/mol. The zero-order valence-corrected chi connectivity index (χ0v) is 14.5. The van der Waals surface area contributed by atoms with Gasteiger partial charge >= 0.3 is 5.97 Å². The number of rotatable bonds is 5. The lowest BCUT2D eigenvalue weighted by Gasteiger charge is -2.01. The number of halogens is 1. The van der Waals surface area contributed by atoms with E-state index >= 15 is 0 Å². The Kier molecular flexibility index (Phi) is 5.27. The van der Waals surface area contributed by atoms with Crippen molar-refractivity contribution in [1.82, 2.24) is 5.16 Å². The first kappa shape index (κ1) is 17.6. The zero-order valence-electron chi connectivity index (χ0n) is 14.5. The maximum atomic E-state index is 13.0. The van der Waals surface area contributed by atoms with Crippen LogP contribution in [0.3, 0.4) is 0 Å². The van der Waals surface area contributed by atoms with E-state index in [1.807, 2.05) is 38.1 Å². The number of aromatic nitrogens is 1. The van der Waals surface area contributed by atoms with Crippen molar-refractivity contribution in [1.29, 1.82) is 0 Å². The number of ether oxygens (including phenoxy) is 1. The van der Waals surface area contributed by atoms with E-state index in [0.29, 0.717) is 17.0 Å². The summed E-state index contributed by atoms with van der Waals surface area (Å²) in [5.41, 5.74) is 4.05. The van der Waals surface area contributed by atoms with E-state index in [4.69, 9.17) is 9.26 Å². The maximum Gasteiger partial charge on any atom is 0.331 e. The van der Waals surface area contributed by atoms with Crippen molar-refractivity contribution in [3.63, 3.8) is 0 Å². The molecule has 2 aromatic carbocycles. The van der Waals surface area contributed by atoms with E-state index in [-0.39, 0.29) is 12.4 Å². The SMILES string of the molecule is Cc1cccc(/C=C/C(=O)OCc2noc(-c3ccc(F)cc3)c2C)c1. The number of carbonyl (C=O) groups excluding carboxylic acids is 1. The second-order valence-electron chi connectivity index (χ2n) is 5.95. The summed E-state index contributed by atoms with van der Waals surface area (Å²) in [7, 11) is 0. The van der Waals surface area contributed by atoms with Crippen LogP contribution in [0.15, 0.2) is 59.1 Å². The molecule has 1 aromatic heterocycles. The van der Waals surface area contributed by atoms with Gasteiger partial charge in [0.05, 0.1) is 0 Å². The normalized spacial score (nSPS) is 11.0. The number of nitrogens with zero attached hydrogens (tertiary/aromatic N) is 1. The quantitative estimate of drug-likeness (QED) is 0.487. The van der Waals surface area contributed by atoms with Gasteiger partial charge in [0, 0.05) is 17.2 Å². The van der Waals surface area contributed by atoms with Gasteiger partial charge in [-0.3, -0.25) is 0 Å². The minimum absolute atomic E-state index is 0.00746. The lowest BCUT2D eigenvalue weighted by Crippen LogP contribution is -2.02. The maximum absolute atomic E-state index is 13.0. The molecule has 26 heavy (non-hydrogen) atoms. The van der Waals surface area contributed by atoms with Gasteiger partial charge in [-0.05, 0) is 49.8 Å². The Balaban J connectivity index is 1.63. The van der Waals surface area contributed by atoms with Crippen LogP contribution in [0, 0.1) is 19.7 Å². The lowest BCUT2D eigenvalue weighted by atomic mass is 10.1. The van der Waals surface area contributed by atoms with Gasteiger partial charge in [0.1, 0.15) is 18.1 Å².